The van der Waals surface area contributed by atoms with Gasteiger partial charge in [-0.2, -0.15) is 0 Å². The number of hydrogen-bond donors (Lipinski definition) is 0. The largest absolute Gasteiger partial charge is 0.0622 e. The molecule has 0 aliphatic rings. The van der Waals surface area contributed by atoms with Crippen molar-refractivity contribution in [3.05, 3.63) is 83.9 Å². The Labute approximate surface area is 127 Å². The van der Waals surface area contributed by atoms with Gasteiger partial charge in [0.25, 0.3) is 0 Å². The third-order valence-electron chi connectivity index (χ3n) is 4.05. The molecular formula is C21H20. The van der Waals surface area contributed by atoms with Crippen molar-refractivity contribution in [2.24, 2.45) is 0 Å². The molecule has 0 heterocycles. The minimum absolute atomic E-state index is 1.05. The van der Waals surface area contributed by atoms with Crippen LogP contribution in [0.5, 0.6) is 0 Å². The van der Waals surface area contributed by atoms with Crippen LogP contribution >= 0.6 is 0 Å². The maximum Gasteiger partial charge on any atom is -0.00708 e. The van der Waals surface area contributed by atoms with Gasteiger partial charge in [0.15, 0.2) is 0 Å². The molecular weight excluding hydrogens is 252 g/mol. The first kappa shape index (κ1) is 13.6. The van der Waals surface area contributed by atoms with E-state index in [9.17, 15) is 0 Å². The van der Waals surface area contributed by atoms with E-state index in [4.69, 9.17) is 0 Å². The highest BCUT2D eigenvalue weighted by atomic mass is 14.2. The molecule has 21 heavy (non-hydrogen) atoms. The van der Waals surface area contributed by atoms with Gasteiger partial charge in [0.2, 0.25) is 0 Å². The Kier molecular flexibility index (Phi) is 3.87. The lowest BCUT2D eigenvalue weighted by atomic mass is 9.87. The summed E-state index contributed by atoms with van der Waals surface area (Å²) in [6.45, 7) is 4.45. The Morgan fingerprint density at radius 3 is 1.81 bits per heavy atom. The Hall–Kier alpha value is -2.34. The Morgan fingerprint density at radius 2 is 1.24 bits per heavy atom. The van der Waals surface area contributed by atoms with E-state index < -0.39 is 0 Å². The molecule has 0 spiro atoms. The molecule has 0 nitrogen and oxygen atoms in total. The summed E-state index contributed by atoms with van der Waals surface area (Å²) >= 11 is 0. The Bertz CT molecular complexity index is 725. The van der Waals surface area contributed by atoms with Crippen molar-refractivity contribution >= 4 is 0 Å². The van der Waals surface area contributed by atoms with E-state index in [1.165, 1.54) is 33.4 Å². The molecule has 3 rings (SSSR count). The van der Waals surface area contributed by atoms with Crippen LogP contribution in [0.4, 0.5) is 0 Å². The Balaban J connectivity index is 2.31. The van der Waals surface area contributed by atoms with Gasteiger partial charge in [-0.05, 0) is 46.7 Å². The molecule has 3 aromatic carbocycles. The predicted molar refractivity (Wildman–Crippen MR) is 91.4 cm³/mol. The molecule has 0 amide bonds. The van der Waals surface area contributed by atoms with Gasteiger partial charge in [-0.3, -0.25) is 0 Å². The monoisotopic (exact) mass is 272 g/mol. The molecule has 0 heteroatoms. The second-order valence-electron chi connectivity index (χ2n) is 5.37. The fourth-order valence-electron chi connectivity index (χ4n) is 3.00. The molecule has 0 saturated carbocycles. The Morgan fingerprint density at radius 1 is 0.667 bits per heavy atom. The fraction of sp³-hybridized carbons (Fsp3) is 0.143. The maximum atomic E-state index is 2.26. The molecule has 0 atom stereocenters. The molecule has 0 aliphatic carbocycles. The quantitative estimate of drug-likeness (QED) is 0.557. The van der Waals surface area contributed by atoms with E-state index in [1.807, 2.05) is 0 Å². The molecule has 0 unspecified atom stereocenters. The summed E-state index contributed by atoms with van der Waals surface area (Å²) in [6.07, 6.45) is 1.05. The van der Waals surface area contributed by atoms with E-state index in [2.05, 4.69) is 86.6 Å². The second kappa shape index (κ2) is 5.97. The topological polar surface area (TPSA) is 0 Å². The molecule has 0 aliphatic heterocycles. The minimum Gasteiger partial charge on any atom is -0.0622 e. The van der Waals surface area contributed by atoms with Crippen molar-refractivity contribution in [3.8, 4) is 22.3 Å². The van der Waals surface area contributed by atoms with Crippen LogP contribution in [-0.2, 0) is 6.42 Å². The van der Waals surface area contributed by atoms with Crippen molar-refractivity contribution in [2.45, 2.75) is 20.3 Å². The van der Waals surface area contributed by atoms with Crippen molar-refractivity contribution in [2.75, 3.05) is 0 Å². The minimum atomic E-state index is 1.05. The van der Waals surface area contributed by atoms with Gasteiger partial charge in [-0.15, -0.1) is 0 Å². The van der Waals surface area contributed by atoms with Crippen LogP contribution in [0.3, 0.4) is 0 Å². The average Bonchev–Trinajstić information content (AvgIpc) is 2.56. The first-order valence-corrected chi connectivity index (χ1v) is 7.54. The molecule has 0 saturated heterocycles. The van der Waals surface area contributed by atoms with Crippen LogP contribution in [0.25, 0.3) is 22.3 Å². The van der Waals surface area contributed by atoms with Crippen molar-refractivity contribution in [1.82, 2.24) is 0 Å². The van der Waals surface area contributed by atoms with E-state index in [0.717, 1.165) is 6.42 Å². The van der Waals surface area contributed by atoms with Crippen LogP contribution < -0.4 is 0 Å². The zero-order valence-electron chi connectivity index (χ0n) is 12.6. The van der Waals surface area contributed by atoms with Crippen LogP contribution in [-0.4, -0.2) is 0 Å². The molecule has 3 aromatic rings. The summed E-state index contributed by atoms with van der Waals surface area (Å²) in [5.41, 5.74) is 8.11. The highest BCUT2D eigenvalue weighted by Gasteiger charge is 2.13. The number of rotatable bonds is 3. The lowest BCUT2D eigenvalue weighted by Gasteiger charge is -2.17. The van der Waals surface area contributed by atoms with Gasteiger partial charge in [-0.1, -0.05) is 79.7 Å². The summed E-state index contributed by atoms with van der Waals surface area (Å²) in [5, 5.41) is 0. The first-order chi connectivity index (χ1) is 10.3. The number of benzene rings is 3. The van der Waals surface area contributed by atoms with Gasteiger partial charge in [0, 0.05) is 0 Å². The van der Waals surface area contributed by atoms with Crippen molar-refractivity contribution in [3.63, 3.8) is 0 Å². The third-order valence-corrected chi connectivity index (χ3v) is 4.05. The van der Waals surface area contributed by atoms with Crippen LogP contribution in [0, 0.1) is 6.92 Å². The van der Waals surface area contributed by atoms with Crippen LogP contribution in [0.1, 0.15) is 18.1 Å². The second-order valence-corrected chi connectivity index (χ2v) is 5.37. The normalized spacial score (nSPS) is 10.6. The van der Waals surface area contributed by atoms with E-state index in [0.29, 0.717) is 0 Å². The van der Waals surface area contributed by atoms with Gasteiger partial charge >= 0.3 is 0 Å². The average molecular weight is 272 g/mol. The summed E-state index contributed by atoms with van der Waals surface area (Å²) in [5.74, 6) is 0. The fourth-order valence-corrected chi connectivity index (χ4v) is 3.00. The molecule has 0 fully saturated rings. The summed E-state index contributed by atoms with van der Waals surface area (Å²) in [6, 6.07) is 25.9. The van der Waals surface area contributed by atoms with E-state index in [1.54, 1.807) is 0 Å². The lowest BCUT2D eigenvalue weighted by molar-refractivity contribution is 1.11. The van der Waals surface area contributed by atoms with Crippen LogP contribution in [0.15, 0.2) is 72.8 Å². The van der Waals surface area contributed by atoms with Gasteiger partial charge in [0.05, 0.1) is 0 Å². The smallest absolute Gasteiger partial charge is 0.00708 e. The highest BCUT2D eigenvalue weighted by Crippen LogP contribution is 2.36. The van der Waals surface area contributed by atoms with Crippen LogP contribution in [0.2, 0.25) is 0 Å². The zero-order chi connectivity index (χ0) is 14.7. The lowest BCUT2D eigenvalue weighted by Crippen LogP contribution is -1.95. The van der Waals surface area contributed by atoms with Gasteiger partial charge in [-0.25, -0.2) is 0 Å². The van der Waals surface area contributed by atoms with Gasteiger partial charge < -0.3 is 0 Å². The standard InChI is InChI=1S/C21H20/c1-3-19-16(2)14-15-20(17-10-6-4-7-11-17)21(19)18-12-8-5-9-13-18/h4-15H,3H2,1-2H3. The molecule has 0 aromatic heterocycles. The summed E-state index contributed by atoms with van der Waals surface area (Å²) < 4.78 is 0. The first-order valence-electron chi connectivity index (χ1n) is 7.54. The van der Waals surface area contributed by atoms with Crippen molar-refractivity contribution < 1.29 is 0 Å². The maximum absolute atomic E-state index is 2.26. The SMILES string of the molecule is CCc1c(C)ccc(-c2ccccc2)c1-c1ccccc1. The van der Waals surface area contributed by atoms with Crippen molar-refractivity contribution in [1.29, 1.82) is 0 Å². The number of hydrogen-bond acceptors (Lipinski definition) is 0. The summed E-state index contributed by atoms with van der Waals surface area (Å²) in [4.78, 5) is 0. The molecule has 104 valence electrons. The molecule has 0 N–H and O–H groups in total. The molecule has 0 bridgehead atoms. The van der Waals surface area contributed by atoms with E-state index in [-0.39, 0.29) is 0 Å². The van der Waals surface area contributed by atoms with E-state index >= 15 is 0 Å². The highest BCUT2D eigenvalue weighted by molar-refractivity contribution is 5.86. The van der Waals surface area contributed by atoms with Gasteiger partial charge in [0.1, 0.15) is 0 Å². The zero-order valence-corrected chi connectivity index (χ0v) is 12.6. The molecule has 0 radical (unpaired) electrons. The third kappa shape index (κ3) is 2.62. The number of aryl methyl sites for hydroxylation is 1. The summed E-state index contributed by atoms with van der Waals surface area (Å²) in [7, 11) is 0. The predicted octanol–water partition coefficient (Wildman–Crippen LogP) is 5.89.